The highest BCUT2D eigenvalue weighted by Crippen LogP contribution is 2.19. The molecule has 0 saturated heterocycles. The number of hydrogen-bond donors (Lipinski definition) is 1. The van der Waals surface area contributed by atoms with Crippen molar-refractivity contribution in [3.63, 3.8) is 0 Å². The summed E-state index contributed by atoms with van der Waals surface area (Å²) in [5.41, 5.74) is 9.28. The molecule has 0 aromatic heterocycles. The zero-order valence-corrected chi connectivity index (χ0v) is 11.6. The summed E-state index contributed by atoms with van der Waals surface area (Å²) in [5.74, 6) is 0.0581. The van der Waals surface area contributed by atoms with Crippen LogP contribution in [0.5, 0.6) is 0 Å². The predicted molar refractivity (Wildman–Crippen MR) is 78.6 cm³/mol. The Morgan fingerprint density at radius 3 is 2.47 bits per heavy atom. The number of nitrogens with two attached hydrogens (primary N) is 1. The molecule has 0 aliphatic carbocycles. The van der Waals surface area contributed by atoms with Crippen molar-refractivity contribution in [2.45, 2.75) is 19.9 Å². The fourth-order valence-corrected chi connectivity index (χ4v) is 2.15. The number of ketones is 1. The normalized spacial score (nSPS) is 10.5. The van der Waals surface area contributed by atoms with Crippen molar-refractivity contribution in [2.75, 3.05) is 0 Å². The molecule has 2 N–H and O–H groups in total. The summed E-state index contributed by atoms with van der Waals surface area (Å²) in [6.07, 6.45) is 0.354. The van der Waals surface area contributed by atoms with Gasteiger partial charge in [-0.1, -0.05) is 48.0 Å². The van der Waals surface area contributed by atoms with Crippen LogP contribution in [0.4, 0.5) is 0 Å². The molecule has 2 nitrogen and oxygen atoms in total. The van der Waals surface area contributed by atoms with Gasteiger partial charge in [0, 0.05) is 23.6 Å². The molecule has 19 heavy (non-hydrogen) atoms. The molecule has 0 amide bonds. The van der Waals surface area contributed by atoms with Gasteiger partial charge < -0.3 is 5.73 Å². The summed E-state index contributed by atoms with van der Waals surface area (Å²) < 4.78 is 0. The molecule has 2 aromatic carbocycles. The molecule has 98 valence electrons. The first-order valence-electron chi connectivity index (χ1n) is 6.18. The summed E-state index contributed by atoms with van der Waals surface area (Å²) in [5, 5.41) is 0.623. The lowest BCUT2D eigenvalue weighted by Gasteiger charge is -2.07. The Bertz CT molecular complexity index is 607. The topological polar surface area (TPSA) is 43.1 Å². The fraction of sp³-hybridized carbons (Fsp3) is 0.188. The fourth-order valence-electron chi connectivity index (χ4n) is 1.97. The van der Waals surface area contributed by atoms with E-state index in [1.165, 1.54) is 0 Å². The quantitative estimate of drug-likeness (QED) is 0.866. The van der Waals surface area contributed by atoms with Crippen molar-refractivity contribution in [1.29, 1.82) is 0 Å². The second-order valence-electron chi connectivity index (χ2n) is 4.54. The smallest absolute Gasteiger partial charge is 0.167 e. The van der Waals surface area contributed by atoms with Gasteiger partial charge in [-0.25, -0.2) is 0 Å². The average Bonchev–Trinajstić information content (AvgIpc) is 2.42. The van der Waals surface area contributed by atoms with Crippen molar-refractivity contribution in [3.8, 4) is 0 Å². The number of carbonyl (C=O) groups excluding carboxylic acids is 1. The largest absolute Gasteiger partial charge is 0.326 e. The molecule has 0 spiro atoms. The van der Waals surface area contributed by atoms with Crippen molar-refractivity contribution < 1.29 is 4.79 Å². The van der Waals surface area contributed by atoms with Gasteiger partial charge in [0.2, 0.25) is 0 Å². The molecular weight excluding hydrogens is 258 g/mol. The van der Waals surface area contributed by atoms with Crippen LogP contribution in [0.2, 0.25) is 5.02 Å². The maximum atomic E-state index is 12.2. The molecule has 0 aliphatic rings. The number of benzene rings is 2. The number of aryl methyl sites for hydroxylation is 1. The van der Waals surface area contributed by atoms with E-state index in [1.54, 1.807) is 6.07 Å². The van der Waals surface area contributed by atoms with Gasteiger partial charge in [-0.15, -0.1) is 0 Å². The molecule has 0 fully saturated rings. The molecule has 0 heterocycles. The first kappa shape index (κ1) is 13.8. The van der Waals surface area contributed by atoms with Crippen LogP contribution in [0.1, 0.15) is 27.0 Å². The Kier molecular flexibility index (Phi) is 4.35. The van der Waals surface area contributed by atoms with Gasteiger partial charge in [-0.3, -0.25) is 4.79 Å². The van der Waals surface area contributed by atoms with Crippen LogP contribution >= 0.6 is 11.6 Å². The molecule has 0 bridgehead atoms. The number of halogens is 1. The number of rotatable bonds is 4. The minimum absolute atomic E-state index is 0.0581. The summed E-state index contributed by atoms with van der Waals surface area (Å²) >= 11 is 6.05. The number of Topliss-reactive ketones (excluding diaryl/α,β-unsaturated/α-hetero) is 1. The van der Waals surface area contributed by atoms with E-state index in [0.29, 0.717) is 23.6 Å². The van der Waals surface area contributed by atoms with Crippen LogP contribution in [-0.4, -0.2) is 5.78 Å². The molecular formula is C16H16ClNO. The van der Waals surface area contributed by atoms with Crippen LogP contribution < -0.4 is 5.73 Å². The zero-order chi connectivity index (χ0) is 13.8. The third-order valence-electron chi connectivity index (χ3n) is 3.18. The van der Waals surface area contributed by atoms with Gasteiger partial charge in [-0.05, 0) is 29.7 Å². The van der Waals surface area contributed by atoms with Crippen LogP contribution in [0, 0.1) is 6.92 Å². The lowest BCUT2D eigenvalue weighted by molar-refractivity contribution is 0.0992. The van der Waals surface area contributed by atoms with Crippen molar-refractivity contribution in [3.05, 3.63) is 69.7 Å². The maximum Gasteiger partial charge on any atom is 0.167 e. The highest BCUT2D eigenvalue weighted by atomic mass is 35.5. The van der Waals surface area contributed by atoms with E-state index in [-0.39, 0.29) is 5.78 Å². The van der Waals surface area contributed by atoms with E-state index in [0.717, 1.165) is 16.7 Å². The third kappa shape index (κ3) is 3.22. The number of carbonyl (C=O) groups is 1. The van der Waals surface area contributed by atoms with Gasteiger partial charge in [0.05, 0.1) is 0 Å². The van der Waals surface area contributed by atoms with Crippen molar-refractivity contribution in [2.24, 2.45) is 5.73 Å². The highest BCUT2D eigenvalue weighted by molar-refractivity contribution is 6.31. The predicted octanol–water partition coefficient (Wildman–Crippen LogP) is 3.53. The summed E-state index contributed by atoms with van der Waals surface area (Å²) in [4.78, 5) is 12.2. The monoisotopic (exact) mass is 273 g/mol. The van der Waals surface area contributed by atoms with Gasteiger partial charge in [0.15, 0.2) is 5.78 Å². The summed E-state index contributed by atoms with van der Waals surface area (Å²) in [6, 6.07) is 13.1. The SMILES string of the molecule is Cc1ccc(C(=O)Cc2ccccc2CN)cc1Cl. The Hall–Kier alpha value is -1.64. The molecule has 0 unspecified atom stereocenters. The van der Waals surface area contributed by atoms with Gasteiger partial charge in [0.25, 0.3) is 0 Å². The number of hydrogen-bond acceptors (Lipinski definition) is 2. The summed E-state index contributed by atoms with van der Waals surface area (Å²) in [6.45, 7) is 2.36. The van der Waals surface area contributed by atoms with Crippen molar-refractivity contribution >= 4 is 17.4 Å². The Labute approximate surface area is 118 Å². The minimum Gasteiger partial charge on any atom is -0.326 e. The lowest BCUT2D eigenvalue weighted by atomic mass is 9.98. The second-order valence-corrected chi connectivity index (χ2v) is 4.94. The first-order chi connectivity index (χ1) is 9.11. The molecule has 2 aromatic rings. The summed E-state index contributed by atoms with van der Waals surface area (Å²) in [7, 11) is 0. The van der Waals surface area contributed by atoms with Crippen molar-refractivity contribution in [1.82, 2.24) is 0 Å². The Balaban J connectivity index is 2.23. The van der Waals surface area contributed by atoms with E-state index in [4.69, 9.17) is 17.3 Å². The van der Waals surface area contributed by atoms with Crippen LogP contribution in [0.25, 0.3) is 0 Å². The second kappa shape index (κ2) is 6.00. The van der Waals surface area contributed by atoms with E-state index in [2.05, 4.69) is 0 Å². The van der Waals surface area contributed by atoms with Gasteiger partial charge in [-0.2, -0.15) is 0 Å². The highest BCUT2D eigenvalue weighted by Gasteiger charge is 2.10. The molecule has 0 radical (unpaired) electrons. The van der Waals surface area contributed by atoms with E-state index < -0.39 is 0 Å². The van der Waals surface area contributed by atoms with E-state index in [1.807, 2.05) is 43.3 Å². The van der Waals surface area contributed by atoms with Crippen LogP contribution in [0.3, 0.4) is 0 Å². The average molecular weight is 274 g/mol. The zero-order valence-electron chi connectivity index (χ0n) is 10.8. The molecule has 3 heteroatoms. The van der Waals surface area contributed by atoms with E-state index in [9.17, 15) is 4.79 Å². The molecule has 2 rings (SSSR count). The van der Waals surface area contributed by atoms with Crippen LogP contribution in [-0.2, 0) is 13.0 Å². The molecule has 0 saturated carbocycles. The third-order valence-corrected chi connectivity index (χ3v) is 3.59. The Morgan fingerprint density at radius 2 is 1.84 bits per heavy atom. The van der Waals surface area contributed by atoms with E-state index >= 15 is 0 Å². The maximum absolute atomic E-state index is 12.2. The Morgan fingerprint density at radius 1 is 1.16 bits per heavy atom. The van der Waals surface area contributed by atoms with Gasteiger partial charge in [0.1, 0.15) is 0 Å². The van der Waals surface area contributed by atoms with Gasteiger partial charge >= 0.3 is 0 Å². The molecule has 0 atom stereocenters. The standard InChI is InChI=1S/C16H16ClNO/c1-11-6-7-13(8-15(11)17)16(19)9-12-4-2-3-5-14(12)10-18/h2-8H,9-10,18H2,1H3. The lowest BCUT2D eigenvalue weighted by Crippen LogP contribution is -2.08. The van der Waals surface area contributed by atoms with Crippen LogP contribution in [0.15, 0.2) is 42.5 Å². The minimum atomic E-state index is 0.0581. The molecule has 0 aliphatic heterocycles. The first-order valence-corrected chi connectivity index (χ1v) is 6.56.